The first-order chi connectivity index (χ1) is 10.6. The van der Waals surface area contributed by atoms with Crippen LogP contribution in [-0.4, -0.2) is 19.1 Å². The molecule has 1 aromatic heterocycles. The summed E-state index contributed by atoms with van der Waals surface area (Å²) in [7, 11) is 3.91. The predicted octanol–water partition coefficient (Wildman–Crippen LogP) is 4.94. The Balaban J connectivity index is 2.28. The topological polar surface area (TPSA) is 52.3 Å². The molecule has 0 aliphatic rings. The number of nitrogens with zero attached hydrogens (tertiary/aromatic N) is 3. The Bertz CT molecular complexity index is 853. The van der Waals surface area contributed by atoms with Crippen molar-refractivity contribution in [2.45, 2.75) is 6.92 Å². The fraction of sp³-hybridized carbons (Fsp3) is 0.167. The molecule has 0 fully saturated rings. The molecule has 0 bridgehead atoms. The number of aryl methyl sites for hydroxylation is 1. The fourth-order valence-electron chi connectivity index (χ4n) is 2.79. The minimum atomic E-state index is 0.669. The van der Waals surface area contributed by atoms with Crippen LogP contribution in [0, 0.1) is 12.5 Å². The van der Waals surface area contributed by atoms with Gasteiger partial charge in [-0.1, -0.05) is 18.2 Å². The van der Waals surface area contributed by atoms with Crippen LogP contribution in [0.15, 0.2) is 53.8 Å². The lowest BCUT2D eigenvalue weighted by Crippen LogP contribution is -2.08. The van der Waals surface area contributed by atoms with E-state index in [0.29, 0.717) is 5.69 Å². The maximum Gasteiger partial charge on any atom is 0.109 e. The summed E-state index contributed by atoms with van der Waals surface area (Å²) in [4.78, 5) is 6.40. The highest BCUT2D eigenvalue weighted by atomic mass is 15.1. The van der Waals surface area contributed by atoms with Crippen LogP contribution in [-0.2, 0) is 0 Å². The molecule has 4 nitrogen and oxygen atoms in total. The molecule has 110 valence electrons. The number of anilines is 1. The van der Waals surface area contributed by atoms with E-state index in [9.17, 15) is 0 Å². The molecule has 0 atom stereocenters. The monoisotopic (exact) mass is 290 g/mol. The molecule has 0 radical (unpaired) electrons. The first-order valence-corrected chi connectivity index (χ1v) is 7.15. The van der Waals surface area contributed by atoms with E-state index in [0.717, 1.165) is 27.7 Å². The third kappa shape index (κ3) is 2.33. The van der Waals surface area contributed by atoms with Crippen LogP contribution < -0.4 is 4.90 Å². The molecule has 3 aromatic rings. The highest BCUT2D eigenvalue weighted by Gasteiger charge is 2.11. The van der Waals surface area contributed by atoms with Gasteiger partial charge >= 0.3 is 0 Å². The summed E-state index contributed by atoms with van der Waals surface area (Å²) >= 11 is 0. The van der Waals surface area contributed by atoms with Gasteiger partial charge in [0.1, 0.15) is 5.69 Å². The van der Waals surface area contributed by atoms with Crippen LogP contribution in [0.2, 0.25) is 0 Å². The molecule has 1 heterocycles. The molecule has 4 heteroatoms. The van der Waals surface area contributed by atoms with Gasteiger partial charge in [-0.3, -0.25) is 4.98 Å². The van der Waals surface area contributed by atoms with Crippen molar-refractivity contribution >= 4 is 22.3 Å². The van der Waals surface area contributed by atoms with Crippen LogP contribution in [0.1, 0.15) is 5.56 Å². The second-order valence-corrected chi connectivity index (χ2v) is 5.54. The lowest BCUT2D eigenvalue weighted by Gasteiger charge is -2.17. The molecule has 2 aromatic carbocycles. The Morgan fingerprint density at radius 2 is 1.91 bits per heavy atom. The molecule has 0 spiro atoms. The van der Waals surface area contributed by atoms with Gasteiger partial charge in [-0.05, 0) is 47.9 Å². The number of benzene rings is 2. The van der Waals surface area contributed by atoms with Crippen molar-refractivity contribution in [3.63, 3.8) is 0 Å². The summed E-state index contributed by atoms with van der Waals surface area (Å²) in [5.74, 6) is 0. The van der Waals surface area contributed by atoms with Crippen molar-refractivity contribution < 1.29 is 0 Å². The van der Waals surface area contributed by atoms with Gasteiger partial charge in [0.15, 0.2) is 0 Å². The fourth-order valence-corrected chi connectivity index (χ4v) is 2.79. The van der Waals surface area contributed by atoms with E-state index in [4.69, 9.17) is 5.53 Å². The van der Waals surface area contributed by atoms with E-state index in [2.05, 4.69) is 35.2 Å². The third-order valence-corrected chi connectivity index (χ3v) is 3.86. The van der Waals surface area contributed by atoms with Gasteiger partial charge in [0.2, 0.25) is 0 Å². The van der Waals surface area contributed by atoms with E-state index in [1.807, 2.05) is 43.3 Å². The molecule has 0 saturated heterocycles. The standard InChI is InChI=1S/C18H18N4/c1-12-6-8-15-14(5-4-10-20-15)18(12)13-7-9-17(22(2)3)16(11-13)21-19/h4-11,19H,1-3H3. The Morgan fingerprint density at radius 1 is 1.09 bits per heavy atom. The Hall–Kier alpha value is -2.75. The minimum Gasteiger partial charge on any atom is -0.376 e. The van der Waals surface area contributed by atoms with Crippen LogP contribution in [0.5, 0.6) is 0 Å². The molecule has 0 aliphatic carbocycles. The molecular weight excluding hydrogens is 272 g/mol. The number of rotatable bonds is 3. The SMILES string of the molecule is Cc1ccc2ncccc2c1-c1ccc(N(C)C)c(N=N)c1. The summed E-state index contributed by atoms with van der Waals surface area (Å²) in [5, 5.41) is 4.80. The van der Waals surface area contributed by atoms with Gasteiger partial charge in [0.25, 0.3) is 0 Å². The normalized spacial score (nSPS) is 10.7. The lowest BCUT2D eigenvalue weighted by atomic mass is 9.95. The van der Waals surface area contributed by atoms with Crippen molar-refractivity contribution in [3.8, 4) is 11.1 Å². The zero-order chi connectivity index (χ0) is 15.7. The zero-order valence-corrected chi connectivity index (χ0v) is 13.0. The van der Waals surface area contributed by atoms with E-state index in [1.54, 1.807) is 6.20 Å². The summed E-state index contributed by atoms with van der Waals surface area (Å²) in [6.45, 7) is 2.10. The van der Waals surface area contributed by atoms with Gasteiger partial charge in [-0.2, -0.15) is 5.11 Å². The van der Waals surface area contributed by atoms with Crippen LogP contribution >= 0.6 is 0 Å². The van der Waals surface area contributed by atoms with Crippen molar-refractivity contribution in [2.24, 2.45) is 5.11 Å². The predicted molar refractivity (Wildman–Crippen MR) is 91.1 cm³/mol. The number of fused-ring (bicyclic) bond motifs is 1. The molecule has 0 aliphatic heterocycles. The quantitative estimate of drug-likeness (QED) is 0.695. The van der Waals surface area contributed by atoms with Crippen molar-refractivity contribution in [1.82, 2.24) is 4.98 Å². The molecule has 0 saturated carbocycles. The van der Waals surface area contributed by atoms with E-state index in [-0.39, 0.29) is 0 Å². The first-order valence-electron chi connectivity index (χ1n) is 7.15. The van der Waals surface area contributed by atoms with E-state index in [1.165, 1.54) is 5.56 Å². The second kappa shape index (κ2) is 5.56. The average Bonchev–Trinajstić information content (AvgIpc) is 2.54. The van der Waals surface area contributed by atoms with E-state index < -0.39 is 0 Å². The van der Waals surface area contributed by atoms with Crippen LogP contribution in [0.25, 0.3) is 22.0 Å². The van der Waals surface area contributed by atoms with Gasteiger partial charge in [-0.25, -0.2) is 5.53 Å². The number of nitrogens with one attached hydrogen (secondary N) is 1. The maximum absolute atomic E-state index is 7.44. The number of pyridine rings is 1. The van der Waals surface area contributed by atoms with Crippen LogP contribution in [0.3, 0.4) is 0 Å². The third-order valence-electron chi connectivity index (χ3n) is 3.86. The van der Waals surface area contributed by atoms with Crippen molar-refractivity contribution in [1.29, 1.82) is 5.53 Å². The molecular formula is C18H18N4. The molecule has 3 rings (SSSR count). The Labute approximate surface area is 129 Å². The summed E-state index contributed by atoms with van der Waals surface area (Å²) in [6.07, 6.45) is 1.81. The van der Waals surface area contributed by atoms with Crippen molar-refractivity contribution in [2.75, 3.05) is 19.0 Å². The maximum atomic E-state index is 7.44. The number of hydrogen-bond acceptors (Lipinski definition) is 4. The highest BCUT2D eigenvalue weighted by Crippen LogP contribution is 2.36. The Morgan fingerprint density at radius 3 is 2.64 bits per heavy atom. The molecule has 0 amide bonds. The highest BCUT2D eigenvalue weighted by molar-refractivity contribution is 5.97. The van der Waals surface area contributed by atoms with Crippen LogP contribution in [0.4, 0.5) is 11.4 Å². The summed E-state index contributed by atoms with van der Waals surface area (Å²) in [5.41, 5.74) is 13.4. The van der Waals surface area contributed by atoms with Crippen molar-refractivity contribution in [3.05, 3.63) is 54.2 Å². The first kappa shape index (κ1) is 14.2. The smallest absolute Gasteiger partial charge is 0.109 e. The molecule has 1 N–H and O–H groups in total. The average molecular weight is 290 g/mol. The summed E-state index contributed by atoms with van der Waals surface area (Å²) in [6, 6.07) is 14.2. The second-order valence-electron chi connectivity index (χ2n) is 5.54. The minimum absolute atomic E-state index is 0.669. The van der Waals surface area contributed by atoms with Gasteiger partial charge < -0.3 is 4.90 Å². The van der Waals surface area contributed by atoms with E-state index >= 15 is 0 Å². The van der Waals surface area contributed by atoms with Gasteiger partial charge in [0, 0.05) is 25.7 Å². The van der Waals surface area contributed by atoms with Gasteiger partial charge in [0.05, 0.1) is 11.2 Å². The molecule has 0 unspecified atom stereocenters. The summed E-state index contributed by atoms with van der Waals surface area (Å²) < 4.78 is 0. The van der Waals surface area contributed by atoms with Gasteiger partial charge in [-0.15, -0.1) is 0 Å². The lowest BCUT2D eigenvalue weighted by molar-refractivity contribution is 1.09. The number of hydrogen-bond donors (Lipinski definition) is 1. The number of aromatic nitrogens is 1. The molecule has 22 heavy (non-hydrogen) atoms. The zero-order valence-electron chi connectivity index (χ0n) is 13.0. The largest absolute Gasteiger partial charge is 0.376 e. The Kier molecular flexibility index (Phi) is 3.59.